The molecule has 4 nitrogen and oxygen atoms in total. The molecule has 3 N–H and O–H groups in total. The van der Waals surface area contributed by atoms with Crippen LogP contribution in [0, 0.1) is 5.92 Å². The molecule has 0 aromatic heterocycles. The van der Waals surface area contributed by atoms with Crippen molar-refractivity contribution in [3.8, 4) is 0 Å². The van der Waals surface area contributed by atoms with E-state index >= 15 is 0 Å². The summed E-state index contributed by atoms with van der Waals surface area (Å²) >= 11 is 5.18. The fraction of sp³-hybridized carbons (Fsp3) is 0.800. The highest BCUT2D eigenvalue weighted by molar-refractivity contribution is 7.80. The molecule has 1 unspecified atom stereocenters. The van der Waals surface area contributed by atoms with E-state index in [0.29, 0.717) is 17.3 Å². The van der Waals surface area contributed by atoms with Crippen molar-refractivity contribution >= 4 is 23.2 Å². The zero-order valence-electron chi connectivity index (χ0n) is 9.56. The highest BCUT2D eigenvalue weighted by Crippen LogP contribution is 2.04. The Kier molecular flexibility index (Phi) is 6.43. The maximum absolute atomic E-state index is 10.4. The van der Waals surface area contributed by atoms with Gasteiger partial charge in [0.05, 0.1) is 11.0 Å². The number of rotatable bonds is 6. The highest BCUT2D eigenvalue weighted by Gasteiger charge is 2.15. The minimum Gasteiger partial charge on any atom is -0.481 e. The molecule has 88 valence electrons. The summed E-state index contributed by atoms with van der Waals surface area (Å²) in [6.45, 7) is 5.05. The van der Waals surface area contributed by atoms with E-state index in [1.54, 1.807) is 0 Å². The van der Waals surface area contributed by atoms with Crippen LogP contribution in [-0.2, 0) is 4.79 Å². The van der Waals surface area contributed by atoms with Crippen molar-refractivity contribution in [2.24, 2.45) is 11.7 Å². The Hall–Kier alpha value is -0.680. The molecule has 0 aromatic carbocycles. The van der Waals surface area contributed by atoms with Gasteiger partial charge in [-0.1, -0.05) is 26.1 Å². The van der Waals surface area contributed by atoms with E-state index in [9.17, 15) is 4.79 Å². The van der Waals surface area contributed by atoms with Gasteiger partial charge in [-0.15, -0.1) is 0 Å². The minimum atomic E-state index is -0.834. The number of aliphatic carboxylic acids is 1. The molecule has 0 spiro atoms. The van der Waals surface area contributed by atoms with Crippen LogP contribution < -0.4 is 5.73 Å². The van der Waals surface area contributed by atoms with E-state index in [2.05, 4.69) is 13.8 Å². The summed E-state index contributed by atoms with van der Waals surface area (Å²) in [7, 11) is 1.89. The number of nitrogens with two attached hydrogens (primary N) is 1. The largest absolute Gasteiger partial charge is 0.481 e. The van der Waals surface area contributed by atoms with Crippen LogP contribution in [0.2, 0.25) is 0 Å². The second-order valence-electron chi connectivity index (χ2n) is 4.15. The van der Waals surface area contributed by atoms with Crippen molar-refractivity contribution in [3.05, 3.63) is 0 Å². The van der Waals surface area contributed by atoms with E-state index in [-0.39, 0.29) is 12.5 Å². The predicted octanol–water partition coefficient (Wildman–Crippen LogP) is 1.09. The zero-order chi connectivity index (χ0) is 12.0. The topological polar surface area (TPSA) is 66.6 Å². The molecule has 1 atom stereocenters. The van der Waals surface area contributed by atoms with Gasteiger partial charge < -0.3 is 15.7 Å². The van der Waals surface area contributed by atoms with Gasteiger partial charge in [0.15, 0.2) is 0 Å². The van der Waals surface area contributed by atoms with Crippen LogP contribution in [0.4, 0.5) is 0 Å². The third-order valence-electron chi connectivity index (χ3n) is 2.00. The molecule has 0 aliphatic heterocycles. The number of carboxylic acid groups (broad SMARTS) is 1. The lowest BCUT2D eigenvalue weighted by molar-refractivity contribution is -0.137. The first-order valence-electron chi connectivity index (χ1n) is 5.07. The van der Waals surface area contributed by atoms with Gasteiger partial charge in [-0.2, -0.15) is 0 Å². The van der Waals surface area contributed by atoms with Crippen molar-refractivity contribution in [2.75, 3.05) is 13.6 Å². The standard InChI is InChI=1S/C10H20N2O2S/c1-7(2)6-12(3)10(15)8(11)4-5-9(13)14/h7-8H,4-6,11H2,1-3H3,(H,13,14). The van der Waals surface area contributed by atoms with Crippen LogP contribution >= 0.6 is 12.2 Å². The number of carboxylic acids is 1. The lowest BCUT2D eigenvalue weighted by Gasteiger charge is -2.25. The van der Waals surface area contributed by atoms with Crippen molar-refractivity contribution in [1.29, 1.82) is 0 Å². The van der Waals surface area contributed by atoms with Gasteiger partial charge in [0.25, 0.3) is 0 Å². The Labute approximate surface area is 96.4 Å². The zero-order valence-corrected chi connectivity index (χ0v) is 10.4. The van der Waals surface area contributed by atoms with Gasteiger partial charge in [-0.3, -0.25) is 4.79 Å². The van der Waals surface area contributed by atoms with E-state index in [1.165, 1.54) is 0 Å². The summed E-state index contributed by atoms with van der Waals surface area (Å²) < 4.78 is 0. The first-order chi connectivity index (χ1) is 6.84. The molecular weight excluding hydrogens is 212 g/mol. The summed E-state index contributed by atoms with van der Waals surface area (Å²) in [6, 6.07) is -0.333. The fourth-order valence-corrected chi connectivity index (χ4v) is 1.52. The Bertz CT molecular complexity index is 231. The average molecular weight is 232 g/mol. The second kappa shape index (κ2) is 6.74. The number of thiocarbonyl (C=S) groups is 1. The van der Waals surface area contributed by atoms with Crippen LogP contribution in [0.25, 0.3) is 0 Å². The number of hydrogen-bond acceptors (Lipinski definition) is 3. The molecule has 0 aliphatic rings. The summed E-state index contributed by atoms with van der Waals surface area (Å²) in [5.41, 5.74) is 5.80. The second-order valence-corrected chi connectivity index (χ2v) is 4.57. The molecule has 0 amide bonds. The third-order valence-corrected chi connectivity index (χ3v) is 2.62. The van der Waals surface area contributed by atoms with Gasteiger partial charge >= 0.3 is 5.97 Å². The van der Waals surface area contributed by atoms with E-state index in [0.717, 1.165) is 6.54 Å². The normalized spacial score (nSPS) is 12.6. The van der Waals surface area contributed by atoms with Crippen LogP contribution in [0.5, 0.6) is 0 Å². The molecule has 0 bridgehead atoms. The van der Waals surface area contributed by atoms with E-state index in [4.69, 9.17) is 23.1 Å². The monoisotopic (exact) mass is 232 g/mol. The van der Waals surface area contributed by atoms with Gasteiger partial charge in [-0.05, 0) is 12.3 Å². The van der Waals surface area contributed by atoms with E-state index < -0.39 is 5.97 Å². The average Bonchev–Trinajstić information content (AvgIpc) is 2.11. The number of hydrogen-bond donors (Lipinski definition) is 2. The molecule has 5 heteroatoms. The van der Waals surface area contributed by atoms with Crippen LogP contribution in [0.15, 0.2) is 0 Å². The molecule has 0 fully saturated rings. The maximum Gasteiger partial charge on any atom is 0.303 e. The lowest BCUT2D eigenvalue weighted by Crippen LogP contribution is -2.42. The van der Waals surface area contributed by atoms with Crippen molar-refractivity contribution in [2.45, 2.75) is 32.7 Å². The first kappa shape index (κ1) is 14.3. The number of carbonyl (C=O) groups is 1. The molecule has 0 saturated heterocycles. The maximum atomic E-state index is 10.4. The molecule has 0 saturated carbocycles. The number of likely N-dealkylation sites (N-methyl/N-ethyl adjacent to an activating group) is 1. The third kappa shape index (κ3) is 6.41. The summed E-state index contributed by atoms with van der Waals surface area (Å²) in [5.74, 6) is -0.320. The molecule has 0 heterocycles. The van der Waals surface area contributed by atoms with Crippen molar-refractivity contribution < 1.29 is 9.90 Å². The van der Waals surface area contributed by atoms with Crippen LogP contribution in [0.1, 0.15) is 26.7 Å². The Balaban J connectivity index is 4.01. The van der Waals surface area contributed by atoms with Crippen LogP contribution in [-0.4, -0.2) is 40.6 Å². The molecule has 15 heavy (non-hydrogen) atoms. The highest BCUT2D eigenvalue weighted by atomic mass is 32.1. The molecule has 0 aliphatic carbocycles. The summed E-state index contributed by atoms with van der Waals surface area (Å²) in [6.07, 6.45) is 0.466. The first-order valence-corrected chi connectivity index (χ1v) is 5.47. The quantitative estimate of drug-likeness (QED) is 0.671. The van der Waals surface area contributed by atoms with Gasteiger partial charge in [0.2, 0.25) is 0 Å². The van der Waals surface area contributed by atoms with Crippen LogP contribution in [0.3, 0.4) is 0 Å². The SMILES string of the molecule is CC(C)CN(C)C(=S)C(N)CCC(=O)O. The Morgan fingerprint density at radius 3 is 2.47 bits per heavy atom. The van der Waals surface area contributed by atoms with Gasteiger partial charge in [0.1, 0.15) is 0 Å². The van der Waals surface area contributed by atoms with Crippen molar-refractivity contribution in [3.63, 3.8) is 0 Å². The van der Waals surface area contributed by atoms with Gasteiger partial charge in [-0.25, -0.2) is 0 Å². The predicted molar refractivity (Wildman–Crippen MR) is 64.9 cm³/mol. The van der Waals surface area contributed by atoms with E-state index in [1.807, 2.05) is 11.9 Å². The smallest absolute Gasteiger partial charge is 0.303 e. The molecule has 0 radical (unpaired) electrons. The minimum absolute atomic E-state index is 0.0663. The van der Waals surface area contributed by atoms with Crippen molar-refractivity contribution in [1.82, 2.24) is 4.90 Å². The Morgan fingerprint density at radius 1 is 1.53 bits per heavy atom. The molecule has 0 rings (SSSR count). The van der Waals surface area contributed by atoms with Gasteiger partial charge in [0, 0.05) is 20.0 Å². The number of nitrogens with zero attached hydrogens (tertiary/aromatic N) is 1. The Morgan fingerprint density at radius 2 is 2.07 bits per heavy atom. The lowest BCUT2D eigenvalue weighted by atomic mass is 10.1. The summed E-state index contributed by atoms with van der Waals surface area (Å²) in [4.78, 5) is 12.9. The fourth-order valence-electron chi connectivity index (χ4n) is 1.32. The summed E-state index contributed by atoms with van der Waals surface area (Å²) in [5, 5.41) is 8.52. The molecule has 0 aromatic rings. The molecular formula is C10H20N2O2S.